The number of aliphatic carboxylic acids is 1. The van der Waals surface area contributed by atoms with Crippen LogP contribution in [-0.4, -0.2) is 53.5 Å². The van der Waals surface area contributed by atoms with Crippen molar-refractivity contribution in [3.63, 3.8) is 0 Å². The summed E-state index contributed by atoms with van der Waals surface area (Å²) in [7, 11) is 2.94. The number of nitrogens with zero attached hydrogens (tertiary/aromatic N) is 1. The van der Waals surface area contributed by atoms with E-state index in [2.05, 4.69) is 21.2 Å². The third kappa shape index (κ3) is 4.64. The zero-order valence-electron chi connectivity index (χ0n) is 22.4. The van der Waals surface area contributed by atoms with Gasteiger partial charge in [0.05, 0.1) is 36.2 Å². The van der Waals surface area contributed by atoms with Crippen molar-refractivity contribution in [2.24, 2.45) is 11.8 Å². The molecule has 2 amide bonds. The third-order valence-electron chi connectivity index (χ3n) is 7.80. The lowest BCUT2D eigenvalue weighted by atomic mass is 9.76. The summed E-state index contributed by atoms with van der Waals surface area (Å²) in [5, 5.41) is 23.6. The van der Waals surface area contributed by atoms with Gasteiger partial charge in [-0.2, -0.15) is 0 Å². The molecule has 2 heterocycles. The van der Waals surface area contributed by atoms with Crippen molar-refractivity contribution >= 4 is 45.2 Å². The monoisotopic (exact) mass is 622 g/mol. The number of phenols is 1. The highest BCUT2D eigenvalue weighted by Gasteiger charge is 2.68. The Morgan fingerprint density at radius 1 is 1.00 bits per heavy atom. The van der Waals surface area contributed by atoms with Crippen molar-refractivity contribution in [1.29, 1.82) is 0 Å². The van der Waals surface area contributed by atoms with Crippen LogP contribution in [0.1, 0.15) is 34.5 Å². The number of rotatable bonds is 8. The molecule has 11 heteroatoms. The summed E-state index contributed by atoms with van der Waals surface area (Å²) in [6, 6.07) is 14.6. The van der Waals surface area contributed by atoms with Crippen LogP contribution in [0.4, 0.5) is 5.69 Å². The van der Waals surface area contributed by atoms with Crippen molar-refractivity contribution in [1.82, 2.24) is 5.32 Å². The number of phenolic OH excluding ortho intramolecular Hbond substituents is 1. The van der Waals surface area contributed by atoms with Crippen LogP contribution in [0.2, 0.25) is 0 Å². The average molecular weight is 623 g/mol. The fraction of sp³-hybridized carbons (Fsp3) is 0.267. The van der Waals surface area contributed by atoms with E-state index in [1.165, 1.54) is 57.5 Å². The minimum absolute atomic E-state index is 0.00995. The van der Waals surface area contributed by atoms with Gasteiger partial charge in [-0.1, -0.05) is 12.1 Å². The highest BCUT2D eigenvalue weighted by atomic mass is 79.9. The summed E-state index contributed by atoms with van der Waals surface area (Å²) >= 11 is 3.47. The van der Waals surface area contributed by atoms with Crippen molar-refractivity contribution in [2.45, 2.75) is 24.9 Å². The van der Waals surface area contributed by atoms with Gasteiger partial charge >= 0.3 is 5.97 Å². The quantitative estimate of drug-likeness (QED) is 0.252. The van der Waals surface area contributed by atoms with Gasteiger partial charge in [0, 0.05) is 18.0 Å². The number of carbonyl (C=O) groups excluding carboxylic acids is 3. The summed E-state index contributed by atoms with van der Waals surface area (Å²) in [6.07, 6.45) is -0.134. The molecule has 0 aromatic heterocycles. The van der Waals surface area contributed by atoms with Crippen molar-refractivity contribution in [3.8, 4) is 17.2 Å². The Morgan fingerprint density at radius 2 is 1.66 bits per heavy atom. The van der Waals surface area contributed by atoms with Gasteiger partial charge in [-0.3, -0.25) is 24.5 Å². The molecule has 10 nitrogen and oxygen atoms in total. The molecule has 2 fully saturated rings. The second-order valence-corrected chi connectivity index (χ2v) is 11.0. The zero-order chi connectivity index (χ0) is 29.6. The Kier molecular flexibility index (Phi) is 7.35. The number of anilines is 1. The minimum Gasteiger partial charge on any atom is -0.508 e. The first-order valence-corrected chi connectivity index (χ1v) is 13.5. The molecule has 5 rings (SSSR count). The fourth-order valence-corrected chi connectivity index (χ4v) is 6.50. The molecule has 0 aliphatic carbocycles. The average Bonchev–Trinajstić information content (AvgIpc) is 3.43. The second-order valence-electron chi connectivity index (χ2n) is 10.1. The van der Waals surface area contributed by atoms with E-state index in [4.69, 9.17) is 9.47 Å². The van der Waals surface area contributed by atoms with Gasteiger partial charge in [-0.15, -0.1) is 0 Å². The summed E-state index contributed by atoms with van der Waals surface area (Å²) in [5.74, 6) is -4.25. The topological polar surface area (TPSA) is 142 Å². The number of fused-ring (bicyclic) bond motifs is 1. The van der Waals surface area contributed by atoms with E-state index in [0.29, 0.717) is 32.7 Å². The maximum atomic E-state index is 14.1. The summed E-state index contributed by atoms with van der Waals surface area (Å²) in [4.78, 5) is 54.1. The molecule has 212 valence electrons. The standard InChI is InChI=1S/C30H27BrN2O8/c1-15(34)17-6-8-19(9-7-17)33-27(36)23-24(28(33)37)30(29(38)39,14-16-4-10-20(35)11-5-16)32-25(23)18-12-21(31)26(41-3)22(13-18)40-2/h4-13,23-25,32,35H,14H2,1-3H3,(H,38,39). The van der Waals surface area contributed by atoms with E-state index < -0.39 is 41.2 Å². The molecule has 3 aromatic rings. The minimum atomic E-state index is -1.87. The maximum Gasteiger partial charge on any atom is 0.325 e. The molecule has 2 saturated heterocycles. The fourth-order valence-electron chi connectivity index (χ4n) is 5.88. The van der Waals surface area contributed by atoms with Crippen LogP contribution >= 0.6 is 15.9 Å². The lowest BCUT2D eigenvalue weighted by Crippen LogP contribution is -2.57. The Balaban J connectivity index is 1.67. The first-order chi connectivity index (χ1) is 19.5. The first-order valence-electron chi connectivity index (χ1n) is 12.7. The molecular formula is C30H27BrN2O8. The van der Waals surface area contributed by atoms with Gasteiger partial charge < -0.3 is 19.7 Å². The van der Waals surface area contributed by atoms with E-state index in [-0.39, 0.29) is 23.6 Å². The maximum absolute atomic E-state index is 14.1. The number of hydrogen-bond donors (Lipinski definition) is 3. The van der Waals surface area contributed by atoms with Crippen LogP contribution < -0.4 is 19.7 Å². The van der Waals surface area contributed by atoms with E-state index in [9.17, 15) is 29.4 Å². The van der Waals surface area contributed by atoms with Gasteiger partial charge in [0.1, 0.15) is 11.3 Å². The van der Waals surface area contributed by atoms with Gasteiger partial charge in [0.2, 0.25) is 11.8 Å². The van der Waals surface area contributed by atoms with Crippen LogP contribution in [0.25, 0.3) is 0 Å². The van der Waals surface area contributed by atoms with Crippen molar-refractivity contribution < 1.29 is 38.9 Å². The Hall–Kier alpha value is -4.22. The summed E-state index contributed by atoms with van der Waals surface area (Å²) in [6.45, 7) is 1.41. The van der Waals surface area contributed by atoms with Crippen LogP contribution in [0.3, 0.4) is 0 Å². The van der Waals surface area contributed by atoms with Gasteiger partial charge in [0.25, 0.3) is 0 Å². The Labute approximate surface area is 244 Å². The summed E-state index contributed by atoms with van der Waals surface area (Å²) in [5.41, 5.74) is -0.138. The number of nitrogens with one attached hydrogen (secondary N) is 1. The van der Waals surface area contributed by atoms with E-state index in [0.717, 1.165) is 4.90 Å². The number of carboxylic acid groups (broad SMARTS) is 1. The smallest absolute Gasteiger partial charge is 0.325 e. The molecule has 2 aliphatic rings. The lowest BCUT2D eigenvalue weighted by molar-refractivity contribution is -0.148. The van der Waals surface area contributed by atoms with E-state index >= 15 is 0 Å². The Bertz CT molecular complexity index is 1560. The third-order valence-corrected chi connectivity index (χ3v) is 8.39. The number of carbonyl (C=O) groups is 4. The van der Waals surface area contributed by atoms with Gasteiger partial charge in [0.15, 0.2) is 17.3 Å². The number of amides is 2. The van der Waals surface area contributed by atoms with Gasteiger partial charge in [-0.25, -0.2) is 4.90 Å². The number of halogens is 1. The number of Topliss-reactive ketones (excluding diaryl/α,β-unsaturated/α-hetero) is 1. The number of benzene rings is 3. The molecule has 4 unspecified atom stereocenters. The predicted molar refractivity (Wildman–Crippen MR) is 151 cm³/mol. The lowest BCUT2D eigenvalue weighted by Gasteiger charge is -2.31. The first kappa shape index (κ1) is 28.3. The van der Waals surface area contributed by atoms with E-state index in [1.807, 2.05) is 0 Å². The highest BCUT2D eigenvalue weighted by Crippen LogP contribution is 2.52. The van der Waals surface area contributed by atoms with Crippen LogP contribution in [0.15, 0.2) is 65.1 Å². The number of methoxy groups -OCH3 is 2. The predicted octanol–water partition coefficient (Wildman–Crippen LogP) is 3.89. The number of carboxylic acids is 1. The number of hydrogen-bond acceptors (Lipinski definition) is 8. The normalized spacial score (nSPS) is 23.4. The van der Waals surface area contributed by atoms with Crippen LogP contribution in [0, 0.1) is 11.8 Å². The zero-order valence-corrected chi connectivity index (χ0v) is 24.0. The SMILES string of the molecule is COc1cc(C2NC(Cc3ccc(O)cc3)(C(=O)O)C3C(=O)N(c4ccc(C(C)=O)cc4)C(=O)C23)cc(Br)c1OC. The molecule has 0 radical (unpaired) electrons. The van der Waals surface area contributed by atoms with Gasteiger partial charge in [-0.05, 0) is 82.5 Å². The molecule has 3 aromatic carbocycles. The number of ether oxygens (including phenoxy) is 2. The van der Waals surface area contributed by atoms with Crippen molar-refractivity contribution in [2.75, 3.05) is 19.1 Å². The number of imide groups is 1. The Morgan fingerprint density at radius 3 is 2.22 bits per heavy atom. The van der Waals surface area contributed by atoms with Crippen molar-refractivity contribution in [3.05, 3.63) is 81.8 Å². The number of aromatic hydroxyl groups is 1. The molecule has 0 bridgehead atoms. The second kappa shape index (κ2) is 10.6. The molecular weight excluding hydrogens is 596 g/mol. The molecule has 4 atom stereocenters. The molecule has 0 saturated carbocycles. The van der Waals surface area contributed by atoms with Crippen LogP contribution in [-0.2, 0) is 20.8 Å². The highest BCUT2D eigenvalue weighted by molar-refractivity contribution is 9.10. The largest absolute Gasteiger partial charge is 0.508 e. The van der Waals surface area contributed by atoms with Crippen LogP contribution in [0.5, 0.6) is 17.2 Å². The molecule has 0 spiro atoms. The molecule has 41 heavy (non-hydrogen) atoms. The number of ketones is 1. The van der Waals surface area contributed by atoms with E-state index in [1.54, 1.807) is 24.3 Å². The summed E-state index contributed by atoms with van der Waals surface area (Å²) < 4.78 is 11.4. The molecule has 2 aliphatic heterocycles. The molecule has 3 N–H and O–H groups in total.